The second-order valence-electron chi connectivity index (χ2n) is 7.98. The number of rotatable bonds is 12. The lowest BCUT2D eigenvalue weighted by molar-refractivity contribution is 0.0168. The van der Waals surface area contributed by atoms with Crippen LogP contribution in [0.4, 0.5) is 0 Å². The van der Waals surface area contributed by atoms with Crippen LogP contribution in [0, 0.1) is 5.92 Å². The van der Waals surface area contributed by atoms with E-state index in [2.05, 4.69) is 41.4 Å². The summed E-state index contributed by atoms with van der Waals surface area (Å²) >= 11 is 0. The lowest BCUT2D eigenvalue weighted by Crippen LogP contribution is -2.37. The molecule has 1 aliphatic heterocycles. The standard InChI is InChI=1S/C22H38N4O3/c1-17(2)13-18(3)29-21-14-19(8-10-24-21)15-26-22(23-4)25-9-6-11-27-16-20-7-5-12-28-20/h8,10,14,17-18,20H,5-7,9,11-13,15-16H2,1-4H3,(H2,23,25,26). The Morgan fingerprint density at radius 3 is 2.93 bits per heavy atom. The summed E-state index contributed by atoms with van der Waals surface area (Å²) in [6, 6.07) is 3.97. The Labute approximate surface area is 175 Å². The Bertz CT molecular complexity index is 603. The molecule has 1 aliphatic rings. The summed E-state index contributed by atoms with van der Waals surface area (Å²) in [6.07, 6.45) is 6.44. The molecule has 0 saturated carbocycles. The van der Waals surface area contributed by atoms with E-state index in [9.17, 15) is 0 Å². The van der Waals surface area contributed by atoms with Crippen molar-refractivity contribution >= 4 is 5.96 Å². The third-order valence-corrected chi connectivity index (χ3v) is 4.69. The first kappa shape index (κ1) is 23.4. The maximum Gasteiger partial charge on any atom is 0.213 e. The summed E-state index contributed by atoms with van der Waals surface area (Å²) < 4.78 is 17.2. The Balaban J connectivity index is 1.63. The monoisotopic (exact) mass is 406 g/mol. The molecule has 7 heteroatoms. The maximum atomic E-state index is 5.93. The van der Waals surface area contributed by atoms with Gasteiger partial charge in [0, 0.05) is 45.6 Å². The minimum atomic E-state index is 0.155. The quantitative estimate of drug-likeness (QED) is 0.315. The third kappa shape index (κ3) is 9.94. The zero-order chi connectivity index (χ0) is 20.9. The molecule has 1 aromatic heterocycles. The molecule has 29 heavy (non-hydrogen) atoms. The van der Waals surface area contributed by atoms with Gasteiger partial charge in [-0.15, -0.1) is 0 Å². The van der Waals surface area contributed by atoms with E-state index in [4.69, 9.17) is 14.2 Å². The van der Waals surface area contributed by atoms with E-state index in [1.807, 2.05) is 12.1 Å². The molecule has 0 amide bonds. The van der Waals surface area contributed by atoms with Crippen molar-refractivity contribution in [2.75, 3.05) is 33.4 Å². The Morgan fingerprint density at radius 1 is 1.34 bits per heavy atom. The zero-order valence-electron chi connectivity index (χ0n) is 18.4. The molecule has 2 unspecified atom stereocenters. The van der Waals surface area contributed by atoms with Crippen molar-refractivity contribution in [3.8, 4) is 5.88 Å². The summed E-state index contributed by atoms with van der Waals surface area (Å²) in [7, 11) is 1.78. The average molecular weight is 407 g/mol. The van der Waals surface area contributed by atoms with E-state index >= 15 is 0 Å². The molecule has 7 nitrogen and oxygen atoms in total. The molecule has 2 N–H and O–H groups in total. The van der Waals surface area contributed by atoms with Crippen molar-refractivity contribution in [3.05, 3.63) is 23.9 Å². The van der Waals surface area contributed by atoms with E-state index in [1.165, 1.54) is 0 Å². The number of guanidine groups is 1. The largest absolute Gasteiger partial charge is 0.475 e. The highest BCUT2D eigenvalue weighted by Crippen LogP contribution is 2.15. The molecular weight excluding hydrogens is 368 g/mol. The number of ether oxygens (including phenoxy) is 3. The summed E-state index contributed by atoms with van der Waals surface area (Å²) in [5, 5.41) is 6.65. The minimum Gasteiger partial charge on any atom is -0.475 e. The van der Waals surface area contributed by atoms with Gasteiger partial charge in [0.05, 0.1) is 18.8 Å². The van der Waals surface area contributed by atoms with Crippen LogP contribution < -0.4 is 15.4 Å². The minimum absolute atomic E-state index is 0.155. The highest BCUT2D eigenvalue weighted by atomic mass is 16.5. The molecule has 2 atom stereocenters. The number of nitrogens with zero attached hydrogens (tertiary/aromatic N) is 2. The molecule has 0 spiro atoms. The fourth-order valence-electron chi connectivity index (χ4n) is 3.32. The molecular formula is C22H38N4O3. The van der Waals surface area contributed by atoms with Gasteiger partial charge in [-0.1, -0.05) is 13.8 Å². The summed E-state index contributed by atoms with van der Waals surface area (Å²) in [5.41, 5.74) is 1.11. The normalized spacial score (nSPS) is 18.1. The maximum absolute atomic E-state index is 5.93. The fourth-order valence-corrected chi connectivity index (χ4v) is 3.32. The summed E-state index contributed by atoms with van der Waals surface area (Å²) in [4.78, 5) is 8.60. The lowest BCUT2D eigenvalue weighted by atomic mass is 10.1. The topological polar surface area (TPSA) is 77.0 Å². The van der Waals surface area contributed by atoms with Gasteiger partial charge in [0.2, 0.25) is 5.88 Å². The molecule has 0 radical (unpaired) electrons. The third-order valence-electron chi connectivity index (χ3n) is 4.69. The van der Waals surface area contributed by atoms with Gasteiger partial charge in [0.1, 0.15) is 0 Å². The van der Waals surface area contributed by atoms with Crippen molar-refractivity contribution in [3.63, 3.8) is 0 Å². The van der Waals surface area contributed by atoms with E-state index in [0.717, 1.165) is 57.0 Å². The summed E-state index contributed by atoms with van der Waals surface area (Å²) in [6.45, 7) is 10.3. The molecule has 0 aliphatic carbocycles. The molecule has 0 bridgehead atoms. The van der Waals surface area contributed by atoms with Crippen molar-refractivity contribution in [2.45, 2.75) is 65.2 Å². The second kappa shape index (κ2) is 13.4. The van der Waals surface area contributed by atoms with Gasteiger partial charge in [-0.2, -0.15) is 0 Å². The first-order chi connectivity index (χ1) is 14.1. The van der Waals surface area contributed by atoms with Gasteiger partial charge >= 0.3 is 0 Å². The van der Waals surface area contributed by atoms with Crippen LogP contribution in [-0.2, 0) is 16.0 Å². The first-order valence-corrected chi connectivity index (χ1v) is 10.8. The number of aliphatic imine (C=N–C) groups is 1. The van der Waals surface area contributed by atoms with E-state index in [0.29, 0.717) is 31.1 Å². The molecule has 1 fully saturated rings. The van der Waals surface area contributed by atoms with Crippen molar-refractivity contribution in [1.29, 1.82) is 0 Å². The average Bonchev–Trinajstić information content (AvgIpc) is 3.20. The molecule has 0 aromatic carbocycles. The van der Waals surface area contributed by atoms with E-state index in [1.54, 1.807) is 13.2 Å². The van der Waals surface area contributed by atoms with Gasteiger partial charge in [-0.3, -0.25) is 4.99 Å². The second-order valence-corrected chi connectivity index (χ2v) is 7.98. The number of nitrogens with one attached hydrogen (secondary N) is 2. The van der Waals surface area contributed by atoms with Crippen LogP contribution in [-0.4, -0.2) is 56.6 Å². The summed E-state index contributed by atoms with van der Waals surface area (Å²) in [5.74, 6) is 2.05. The number of hydrogen-bond donors (Lipinski definition) is 2. The highest BCUT2D eigenvalue weighted by molar-refractivity contribution is 5.79. The van der Waals surface area contributed by atoms with Crippen LogP contribution in [0.15, 0.2) is 23.3 Å². The van der Waals surface area contributed by atoms with Crippen LogP contribution >= 0.6 is 0 Å². The Kier molecular flexibility index (Phi) is 10.8. The highest BCUT2D eigenvalue weighted by Gasteiger charge is 2.15. The van der Waals surface area contributed by atoms with Gasteiger partial charge in [-0.25, -0.2) is 4.98 Å². The molecule has 164 valence electrons. The lowest BCUT2D eigenvalue weighted by Gasteiger charge is -2.16. The SMILES string of the molecule is CN=C(NCCCOCC1CCCO1)NCc1ccnc(OC(C)CC(C)C)c1. The van der Waals surface area contributed by atoms with Gasteiger partial charge in [0.15, 0.2) is 5.96 Å². The smallest absolute Gasteiger partial charge is 0.213 e. The van der Waals surface area contributed by atoms with Gasteiger partial charge in [-0.05, 0) is 50.2 Å². The van der Waals surface area contributed by atoms with Crippen LogP contribution in [0.5, 0.6) is 5.88 Å². The number of hydrogen-bond acceptors (Lipinski definition) is 5. The number of pyridine rings is 1. The molecule has 2 heterocycles. The van der Waals surface area contributed by atoms with Crippen molar-refractivity contribution in [1.82, 2.24) is 15.6 Å². The predicted octanol–water partition coefficient (Wildman–Crippen LogP) is 3.15. The number of aromatic nitrogens is 1. The van der Waals surface area contributed by atoms with Crippen LogP contribution in [0.3, 0.4) is 0 Å². The van der Waals surface area contributed by atoms with Crippen molar-refractivity contribution < 1.29 is 14.2 Å². The molecule has 2 rings (SSSR count). The van der Waals surface area contributed by atoms with Crippen molar-refractivity contribution in [2.24, 2.45) is 10.9 Å². The zero-order valence-corrected chi connectivity index (χ0v) is 18.4. The first-order valence-electron chi connectivity index (χ1n) is 10.8. The fraction of sp³-hybridized carbons (Fsp3) is 0.727. The van der Waals surface area contributed by atoms with Gasteiger partial charge < -0.3 is 24.8 Å². The van der Waals surface area contributed by atoms with E-state index in [-0.39, 0.29) is 6.10 Å². The molecule has 1 saturated heterocycles. The van der Waals surface area contributed by atoms with Crippen LogP contribution in [0.1, 0.15) is 52.0 Å². The molecule has 1 aromatic rings. The van der Waals surface area contributed by atoms with E-state index < -0.39 is 0 Å². The predicted molar refractivity (Wildman–Crippen MR) is 116 cm³/mol. The van der Waals surface area contributed by atoms with Crippen LogP contribution in [0.25, 0.3) is 0 Å². The Hall–Kier alpha value is -1.86. The Morgan fingerprint density at radius 2 is 2.21 bits per heavy atom. The van der Waals surface area contributed by atoms with Gasteiger partial charge in [0.25, 0.3) is 0 Å². The van der Waals surface area contributed by atoms with Crippen LogP contribution in [0.2, 0.25) is 0 Å².